The zero-order chi connectivity index (χ0) is 22.0. The van der Waals surface area contributed by atoms with E-state index in [-0.39, 0.29) is 62.2 Å². The van der Waals surface area contributed by atoms with E-state index in [0.29, 0.717) is 5.56 Å². The van der Waals surface area contributed by atoms with Crippen LogP contribution in [-0.4, -0.2) is 22.4 Å². The Balaban J connectivity index is 2.02. The van der Waals surface area contributed by atoms with Gasteiger partial charge in [0, 0.05) is 11.6 Å². The molecule has 0 amide bonds. The second kappa shape index (κ2) is 6.69. The van der Waals surface area contributed by atoms with E-state index in [1.54, 1.807) is 0 Å². The van der Waals surface area contributed by atoms with Gasteiger partial charge in [-0.2, -0.15) is 0 Å². The second-order valence-corrected chi connectivity index (χ2v) is 8.98. The number of methoxy groups -OCH3 is 1. The molecular formula is C24H26O6. The SMILES string of the molecule is C=C(C)[C@H]1C[C@@H](c2c(O)cc3oc4c(OC)c(O)ccc4c(=O)c3c2O)C(C)(C)C1. The zero-order valence-electron chi connectivity index (χ0n) is 17.6. The third-order valence-electron chi connectivity index (χ3n) is 6.54. The van der Waals surface area contributed by atoms with Crippen molar-refractivity contribution in [3.05, 3.63) is 46.1 Å². The minimum absolute atomic E-state index is 0.0117. The number of ether oxygens (including phenoxy) is 1. The molecule has 0 saturated heterocycles. The van der Waals surface area contributed by atoms with Crippen molar-refractivity contribution in [1.82, 2.24) is 0 Å². The van der Waals surface area contributed by atoms with Crippen LogP contribution in [0.15, 0.2) is 39.6 Å². The highest BCUT2D eigenvalue weighted by Gasteiger charge is 2.44. The number of phenols is 3. The fraction of sp³-hybridized carbons (Fsp3) is 0.375. The maximum Gasteiger partial charge on any atom is 0.204 e. The van der Waals surface area contributed by atoms with Crippen LogP contribution in [0.3, 0.4) is 0 Å². The van der Waals surface area contributed by atoms with Gasteiger partial charge in [-0.1, -0.05) is 26.0 Å². The minimum Gasteiger partial charge on any atom is -0.507 e. The van der Waals surface area contributed by atoms with E-state index in [4.69, 9.17) is 9.15 Å². The monoisotopic (exact) mass is 410 g/mol. The van der Waals surface area contributed by atoms with E-state index < -0.39 is 5.43 Å². The van der Waals surface area contributed by atoms with E-state index in [9.17, 15) is 20.1 Å². The van der Waals surface area contributed by atoms with Gasteiger partial charge in [-0.25, -0.2) is 0 Å². The van der Waals surface area contributed by atoms with E-state index in [1.165, 1.54) is 25.3 Å². The topological polar surface area (TPSA) is 100 Å². The summed E-state index contributed by atoms with van der Waals surface area (Å²) in [5, 5.41) is 32.2. The Morgan fingerprint density at radius 2 is 1.93 bits per heavy atom. The van der Waals surface area contributed by atoms with Gasteiger partial charge in [-0.05, 0) is 49.1 Å². The van der Waals surface area contributed by atoms with E-state index >= 15 is 0 Å². The average molecular weight is 410 g/mol. The molecular weight excluding hydrogens is 384 g/mol. The number of phenolic OH excluding ortho intramolecular Hbond substituents is 3. The van der Waals surface area contributed by atoms with Crippen LogP contribution >= 0.6 is 0 Å². The summed E-state index contributed by atoms with van der Waals surface area (Å²) in [7, 11) is 1.36. The van der Waals surface area contributed by atoms with Gasteiger partial charge in [-0.3, -0.25) is 4.79 Å². The van der Waals surface area contributed by atoms with Crippen molar-refractivity contribution >= 4 is 21.9 Å². The lowest BCUT2D eigenvalue weighted by Gasteiger charge is -2.28. The molecule has 6 heteroatoms. The first-order valence-corrected chi connectivity index (χ1v) is 9.93. The molecule has 2 aromatic carbocycles. The summed E-state index contributed by atoms with van der Waals surface area (Å²) in [6.07, 6.45) is 1.61. The highest BCUT2D eigenvalue weighted by molar-refractivity contribution is 5.97. The van der Waals surface area contributed by atoms with Gasteiger partial charge in [0.05, 0.1) is 12.5 Å². The molecule has 158 valence electrons. The fourth-order valence-corrected chi connectivity index (χ4v) is 4.91. The summed E-state index contributed by atoms with van der Waals surface area (Å²) in [5.41, 5.74) is 0.887. The number of hydrogen-bond acceptors (Lipinski definition) is 6. The van der Waals surface area contributed by atoms with Gasteiger partial charge in [0.25, 0.3) is 0 Å². The lowest BCUT2D eigenvalue weighted by atomic mass is 9.76. The molecule has 1 aromatic heterocycles. The average Bonchev–Trinajstić information content (AvgIpc) is 2.97. The summed E-state index contributed by atoms with van der Waals surface area (Å²) in [4.78, 5) is 13.2. The van der Waals surface area contributed by atoms with Gasteiger partial charge >= 0.3 is 0 Å². The summed E-state index contributed by atoms with van der Waals surface area (Å²) in [6, 6.07) is 4.14. The highest BCUT2D eigenvalue weighted by Crippen LogP contribution is 2.57. The molecule has 4 rings (SSSR count). The normalized spacial score (nSPS) is 20.7. The molecule has 3 aromatic rings. The van der Waals surface area contributed by atoms with Crippen molar-refractivity contribution in [3.63, 3.8) is 0 Å². The van der Waals surface area contributed by atoms with E-state index in [2.05, 4.69) is 20.4 Å². The van der Waals surface area contributed by atoms with Gasteiger partial charge in [0.15, 0.2) is 11.3 Å². The zero-order valence-corrected chi connectivity index (χ0v) is 17.6. The first-order valence-electron chi connectivity index (χ1n) is 9.93. The predicted molar refractivity (Wildman–Crippen MR) is 116 cm³/mol. The molecule has 1 fully saturated rings. The summed E-state index contributed by atoms with van der Waals surface area (Å²) >= 11 is 0. The molecule has 1 heterocycles. The van der Waals surface area contributed by atoms with Crippen LogP contribution in [0.4, 0.5) is 0 Å². The Hall–Kier alpha value is -3.15. The van der Waals surface area contributed by atoms with Gasteiger partial charge < -0.3 is 24.5 Å². The number of benzene rings is 2. The Kier molecular flexibility index (Phi) is 4.49. The van der Waals surface area contributed by atoms with Crippen molar-refractivity contribution in [2.24, 2.45) is 11.3 Å². The third-order valence-corrected chi connectivity index (χ3v) is 6.54. The standard InChI is InChI=1S/C24H26O6/c1-11(2)12-8-14(24(3,4)10-12)18-16(26)9-17-19(21(18)28)20(27)13-6-7-15(25)23(29-5)22(13)30-17/h6-7,9,12,14,25-26,28H,1,8,10H2,2-5H3/t12-,14-/m0/s1. The molecule has 1 aliphatic rings. The maximum absolute atomic E-state index is 13.2. The smallest absolute Gasteiger partial charge is 0.204 e. The van der Waals surface area contributed by atoms with Crippen molar-refractivity contribution < 1.29 is 24.5 Å². The molecule has 0 bridgehead atoms. The fourth-order valence-electron chi connectivity index (χ4n) is 4.91. The van der Waals surface area contributed by atoms with Crippen LogP contribution in [0, 0.1) is 11.3 Å². The van der Waals surface area contributed by atoms with Crippen LogP contribution in [-0.2, 0) is 0 Å². The number of allylic oxidation sites excluding steroid dienone is 1. The predicted octanol–water partition coefficient (Wildman–Crippen LogP) is 5.17. The van der Waals surface area contributed by atoms with Crippen LogP contribution in [0.25, 0.3) is 21.9 Å². The Bertz CT molecular complexity index is 1250. The summed E-state index contributed by atoms with van der Waals surface area (Å²) in [6.45, 7) is 10.3. The van der Waals surface area contributed by atoms with Gasteiger partial charge in [0.2, 0.25) is 11.2 Å². The summed E-state index contributed by atoms with van der Waals surface area (Å²) < 4.78 is 11.0. The molecule has 1 saturated carbocycles. The van der Waals surface area contributed by atoms with Crippen LogP contribution in [0.5, 0.6) is 23.0 Å². The van der Waals surface area contributed by atoms with Crippen molar-refractivity contribution in [2.75, 3.05) is 7.11 Å². The van der Waals surface area contributed by atoms with Gasteiger partial charge in [-0.15, -0.1) is 0 Å². The Morgan fingerprint density at radius 3 is 2.53 bits per heavy atom. The Morgan fingerprint density at radius 1 is 1.23 bits per heavy atom. The molecule has 3 N–H and O–H groups in total. The molecule has 0 unspecified atom stereocenters. The number of aromatic hydroxyl groups is 3. The molecule has 30 heavy (non-hydrogen) atoms. The van der Waals surface area contributed by atoms with Crippen LogP contribution < -0.4 is 10.2 Å². The Labute approximate surface area is 174 Å². The largest absolute Gasteiger partial charge is 0.507 e. The van der Waals surface area contributed by atoms with Crippen LogP contribution in [0.2, 0.25) is 0 Å². The van der Waals surface area contributed by atoms with Crippen molar-refractivity contribution in [1.29, 1.82) is 0 Å². The summed E-state index contributed by atoms with van der Waals surface area (Å²) in [5.74, 6) is -0.394. The van der Waals surface area contributed by atoms with E-state index in [1.807, 2.05) is 6.92 Å². The van der Waals surface area contributed by atoms with Crippen molar-refractivity contribution in [3.8, 4) is 23.0 Å². The lowest BCUT2D eigenvalue weighted by Crippen LogP contribution is -2.16. The highest BCUT2D eigenvalue weighted by atomic mass is 16.5. The molecule has 1 aliphatic carbocycles. The lowest BCUT2D eigenvalue weighted by molar-refractivity contribution is 0.311. The van der Waals surface area contributed by atoms with Gasteiger partial charge in [0.1, 0.15) is 22.5 Å². The first-order chi connectivity index (χ1) is 14.1. The second-order valence-electron chi connectivity index (χ2n) is 8.98. The molecule has 0 spiro atoms. The minimum atomic E-state index is -0.449. The third kappa shape index (κ3) is 2.82. The molecule has 6 nitrogen and oxygen atoms in total. The quantitative estimate of drug-likeness (QED) is 0.407. The maximum atomic E-state index is 13.2. The van der Waals surface area contributed by atoms with Crippen LogP contribution in [0.1, 0.15) is 45.1 Å². The number of hydrogen-bond donors (Lipinski definition) is 3. The van der Waals surface area contributed by atoms with E-state index in [0.717, 1.165) is 18.4 Å². The van der Waals surface area contributed by atoms with Crippen molar-refractivity contribution in [2.45, 2.75) is 39.5 Å². The number of rotatable bonds is 3. The first kappa shape index (κ1) is 20.1. The molecule has 2 atom stereocenters. The molecule has 0 aliphatic heterocycles. The molecule has 0 radical (unpaired) electrons. The number of fused-ring (bicyclic) bond motifs is 2.